The zero-order valence-electron chi connectivity index (χ0n) is 18.5. The van der Waals surface area contributed by atoms with E-state index in [0.29, 0.717) is 6.42 Å². The van der Waals surface area contributed by atoms with Crippen LogP contribution in [-0.4, -0.2) is 24.0 Å². The number of carbonyl (C=O) groups is 1. The van der Waals surface area contributed by atoms with Crippen LogP contribution in [0.2, 0.25) is 0 Å². The van der Waals surface area contributed by atoms with Gasteiger partial charge in [0.1, 0.15) is 0 Å². The van der Waals surface area contributed by atoms with Gasteiger partial charge < -0.3 is 5.11 Å². The van der Waals surface area contributed by atoms with E-state index >= 15 is 0 Å². The van der Waals surface area contributed by atoms with Crippen LogP contribution in [0.1, 0.15) is 109 Å². The molecule has 0 saturated heterocycles. The summed E-state index contributed by atoms with van der Waals surface area (Å²) in [6, 6.07) is 7.76. The molecule has 0 aliphatic carbocycles. The zero-order chi connectivity index (χ0) is 22.3. The van der Waals surface area contributed by atoms with Gasteiger partial charge in [0.25, 0.3) is 10.1 Å². The van der Waals surface area contributed by atoms with Crippen molar-refractivity contribution < 1.29 is 22.9 Å². The Morgan fingerprint density at radius 2 is 1.17 bits per heavy atom. The van der Waals surface area contributed by atoms with Gasteiger partial charge in [0.15, 0.2) is 0 Å². The first kappa shape index (κ1) is 26.6. The molecule has 0 aromatic heterocycles. The fourth-order valence-corrected chi connectivity index (χ4v) is 5.10. The molecule has 0 aliphatic rings. The third-order valence-electron chi connectivity index (χ3n) is 5.91. The van der Waals surface area contributed by atoms with Crippen molar-refractivity contribution in [3.63, 3.8) is 0 Å². The van der Waals surface area contributed by atoms with Crippen LogP contribution in [-0.2, 0) is 19.7 Å². The van der Waals surface area contributed by atoms with Crippen LogP contribution in [0.25, 0.3) is 0 Å². The first-order chi connectivity index (χ1) is 14.4. The molecule has 6 heteroatoms. The van der Waals surface area contributed by atoms with E-state index in [4.69, 9.17) is 0 Å². The molecular weight excluding hydrogens is 400 g/mol. The van der Waals surface area contributed by atoms with E-state index in [2.05, 4.69) is 6.92 Å². The van der Waals surface area contributed by atoms with Crippen LogP contribution in [0.3, 0.4) is 0 Å². The van der Waals surface area contributed by atoms with Crippen molar-refractivity contribution in [3.05, 3.63) is 35.9 Å². The van der Waals surface area contributed by atoms with Crippen molar-refractivity contribution in [3.8, 4) is 0 Å². The number of rotatable bonds is 18. The van der Waals surface area contributed by atoms with Crippen LogP contribution < -0.4 is 0 Å². The summed E-state index contributed by atoms with van der Waals surface area (Å²) in [4.78, 5) is 11.9. The lowest BCUT2D eigenvalue weighted by atomic mass is 9.91. The Bertz CT molecular complexity index is 687. The summed E-state index contributed by atoms with van der Waals surface area (Å²) < 4.78 is 31.5. The molecule has 172 valence electrons. The Hall–Kier alpha value is -1.40. The largest absolute Gasteiger partial charge is 0.480 e. The zero-order valence-corrected chi connectivity index (χ0v) is 19.3. The monoisotopic (exact) mass is 440 g/mol. The summed E-state index contributed by atoms with van der Waals surface area (Å²) >= 11 is 0. The standard InChI is InChI=1S/C24H40O5S/c1-2-3-4-5-6-7-8-9-10-11-12-13-14-18-21-24(23(25)26,30(27,28)29)22-19-16-15-17-20-22/h15-17,19-20H,2-14,18,21H2,1H3,(H,25,26)(H,27,28,29). The summed E-state index contributed by atoms with van der Waals surface area (Å²) in [6.45, 7) is 2.24. The van der Waals surface area contributed by atoms with Crippen LogP contribution in [0.5, 0.6) is 0 Å². The van der Waals surface area contributed by atoms with Gasteiger partial charge >= 0.3 is 5.97 Å². The smallest absolute Gasteiger partial charge is 0.332 e. The number of carboxylic acid groups (broad SMARTS) is 1. The Morgan fingerprint density at radius 1 is 0.767 bits per heavy atom. The normalized spacial score (nSPS) is 13.8. The minimum absolute atomic E-state index is 0.106. The molecule has 1 aromatic carbocycles. The van der Waals surface area contributed by atoms with Gasteiger partial charge in [-0.2, -0.15) is 8.42 Å². The molecule has 0 fully saturated rings. The van der Waals surface area contributed by atoms with E-state index in [0.717, 1.165) is 25.7 Å². The third kappa shape index (κ3) is 8.76. The summed E-state index contributed by atoms with van der Waals surface area (Å²) in [5, 5.41) is 9.68. The van der Waals surface area contributed by atoms with Gasteiger partial charge in [0.05, 0.1) is 0 Å². The van der Waals surface area contributed by atoms with Gasteiger partial charge in [-0.1, -0.05) is 127 Å². The lowest BCUT2D eigenvalue weighted by molar-refractivity contribution is -0.140. The van der Waals surface area contributed by atoms with Crippen molar-refractivity contribution in [2.45, 2.75) is 108 Å². The van der Waals surface area contributed by atoms with Gasteiger partial charge in [0, 0.05) is 0 Å². The van der Waals surface area contributed by atoms with Crippen molar-refractivity contribution in [1.29, 1.82) is 0 Å². The molecule has 0 spiro atoms. The molecular formula is C24H40O5S. The summed E-state index contributed by atoms with van der Waals surface area (Å²) in [6.07, 6.45) is 16.1. The second-order valence-corrected chi connectivity index (χ2v) is 9.97. The van der Waals surface area contributed by atoms with E-state index in [1.54, 1.807) is 18.2 Å². The quantitative estimate of drug-likeness (QED) is 0.195. The van der Waals surface area contributed by atoms with Crippen LogP contribution in [0.15, 0.2) is 30.3 Å². The first-order valence-corrected chi connectivity index (χ1v) is 13.1. The number of unbranched alkanes of at least 4 members (excludes halogenated alkanes) is 13. The number of hydrogen-bond acceptors (Lipinski definition) is 3. The van der Waals surface area contributed by atoms with Crippen molar-refractivity contribution in [1.82, 2.24) is 0 Å². The number of hydrogen-bond donors (Lipinski definition) is 2. The molecule has 1 rings (SSSR count). The van der Waals surface area contributed by atoms with Gasteiger partial charge in [0.2, 0.25) is 4.75 Å². The SMILES string of the molecule is CCCCCCCCCCCCCCCCC(C(=O)O)(c1ccccc1)S(=O)(=O)O. The van der Waals surface area contributed by atoms with Crippen molar-refractivity contribution >= 4 is 16.1 Å². The minimum atomic E-state index is -4.80. The topological polar surface area (TPSA) is 91.7 Å². The molecule has 2 N–H and O–H groups in total. The molecule has 0 radical (unpaired) electrons. The summed E-state index contributed by atoms with van der Waals surface area (Å²) in [5.41, 5.74) is 0.106. The number of aliphatic carboxylic acids is 1. The highest BCUT2D eigenvalue weighted by molar-refractivity contribution is 7.87. The highest BCUT2D eigenvalue weighted by Crippen LogP contribution is 2.36. The second-order valence-electron chi connectivity index (χ2n) is 8.32. The lowest BCUT2D eigenvalue weighted by Gasteiger charge is -2.26. The molecule has 1 aromatic rings. The number of benzene rings is 1. The number of carboxylic acids is 1. The second kappa shape index (κ2) is 14.6. The Balaban J connectivity index is 2.28. The molecule has 0 heterocycles. The van der Waals surface area contributed by atoms with Crippen LogP contribution in [0, 0.1) is 0 Å². The van der Waals surface area contributed by atoms with Gasteiger partial charge in [-0.05, 0) is 12.0 Å². The molecule has 0 amide bonds. The van der Waals surface area contributed by atoms with Gasteiger partial charge in [-0.3, -0.25) is 9.35 Å². The molecule has 0 bridgehead atoms. The predicted octanol–water partition coefficient (Wildman–Crippen LogP) is 6.73. The lowest BCUT2D eigenvalue weighted by Crippen LogP contribution is -2.43. The minimum Gasteiger partial charge on any atom is -0.480 e. The summed E-state index contributed by atoms with van der Waals surface area (Å²) in [5.74, 6) is -1.52. The van der Waals surface area contributed by atoms with Crippen molar-refractivity contribution in [2.24, 2.45) is 0 Å². The highest BCUT2D eigenvalue weighted by atomic mass is 32.2. The van der Waals surface area contributed by atoms with E-state index in [9.17, 15) is 22.9 Å². The summed E-state index contributed by atoms with van der Waals surface area (Å²) in [7, 11) is -4.80. The van der Waals surface area contributed by atoms with Gasteiger partial charge in [-0.15, -0.1) is 0 Å². The molecule has 0 aliphatic heterocycles. The predicted molar refractivity (Wildman–Crippen MR) is 122 cm³/mol. The average Bonchev–Trinajstić information content (AvgIpc) is 2.70. The van der Waals surface area contributed by atoms with E-state index in [1.807, 2.05) is 0 Å². The fourth-order valence-electron chi connectivity index (χ4n) is 4.04. The van der Waals surface area contributed by atoms with E-state index < -0.39 is 20.8 Å². The van der Waals surface area contributed by atoms with Crippen molar-refractivity contribution in [2.75, 3.05) is 0 Å². The fraction of sp³-hybridized carbons (Fsp3) is 0.708. The van der Waals surface area contributed by atoms with E-state index in [-0.39, 0.29) is 12.0 Å². The third-order valence-corrected chi connectivity index (χ3v) is 7.40. The average molecular weight is 441 g/mol. The Labute approximate surface area is 183 Å². The first-order valence-electron chi connectivity index (χ1n) is 11.6. The molecule has 1 atom stereocenters. The Kier molecular flexibility index (Phi) is 12.9. The maximum absolute atomic E-state index is 12.0. The van der Waals surface area contributed by atoms with E-state index in [1.165, 1.54) is 69.9 Å². The molecule has 0 saturated carbocycles. The Morgan fingerprint density at radius 3 is 1.53 bits per heavy atom. The maximum atomic E-state index is 12.0. The van der Waals surface area contributed by atoms with Gasteiger partial charge in [-0.25, -0.2) is 0 Å². The highest BCUT2D eigenvalue weighted by Gasteiger charge is 2.51. The maximum Gasteiger partial charge on any atom is 0.332 e. The molecule has 1 unspecified atom stereocenters. The van der Waals surface area contributed by atoms with Crippen LogP contribution >= 0.6 is 0 Å². The molecule has 5 nitrogen and oxygen atoms in total. The molecule has 30 heavy (non-hydrogen) atoms. The van der Waals surface area contributed by atoms with Crippen LogP contribution in [0.4, 0.5) is 0 Å².